The van der Waals surface area contributed by atoms with Gasteiger partial charge in [0.1, 0.15) is 12.4 Å². The lowest BCUT2D eigenvalue weighted by atomic mass is 9.92. The number of hydrogen-bond acceptors (Lipinski definition) is 10. The zero-order valence-electron chi connectivity index (χ0n) is 14.3. The lowest BCUT2D eigenvalue weighted by molar-refractivity contribution is -0.248. The number of methoxy groups -OCH3 is 1. The van der Waals surface area contributed by atoms with Crippen molar-refractivity contribution in [2.24, 2.45) is 0 Å². The van der Waals surface area contributed by atoms with E-state index in [2.05, 4.69) is 4.74 Å². The number of carbonyl (C=O) groups is 5. The van der Waals surface area contributed by atoms with Crippen molar-refractivity contribution in [1.29, 1.82) is 0 Å². The molecule has 0 unspecified atom stereocenters. The van der Waals surface area contributed by atoms with Gasteiger partial charge in [0.25, 0.3) is 0 Å². The quantitative estimate of drug-likeness (QED) is 0.340. The Balaban J connectivity index is 3.33. The van der Waals surface area contributed by atoms with Crippen molar-refractivity contribution in [1.82, 2.24) is 0 Å². The minimum absolute atomic E-state index is 0.254. The first-order valence-electron chi connectivity index (χ1n) is 7.39. The highest BCUT2D eigenvalue weighted by molar-refractivity contribution is 5.77. The van der Waals surface area contributed by atoms with E-state index in [9.17, 15) is 24.0 Å². The Bertz CT molecular complexity index is 542. The summed E-state index contributed by atoms with van der Waals surface area (Å²) in [7, 11) is 1.09. The van der Waals surface area contributed by atoms with Crippen molar-refractivity contribution in [2.45, 2.75) is 57.7 Å². The highest BCUT2D eigenvalue weighted by Gasteiger charge is 2.54. The number of ether oxygens (including phenoxy) is 5. The molecule has 5 atom stereocenters. The average Bonchev–Trinajstić information content (AvgIpc) is 2.50. The highest BCUT2D eigenvalue weighted by atomic mass is 16.7. The summed E-state index contributed by atoms with van der Waals surface area (Å²) in [6, 6.07) is 0. The molecule has 0 bridgehead atoms. The second-order valence-corrected chi connectivity index (χ2v) is 5.24. The molecule has 0 N–H and O–H groups in total. The van der Waals surface area contributed by atoms with Crippen LogP contribution < -0.4 is 0 Å². The summed E-state index contributed by atoms with van der Waals surface area (Å²) in [6.45, 7) is 3.28. The maximum absolute atomic E-state index is 12.0. The summed E-state index contributed by atoms with van der Waals surface area (Å²) in [5.41, 5.74) is 0. The molecule has 0 aromatic heterocycles. The van der Waals surface area contributed by atoms with Crippen LogP contribution in [0, 0.1) is 0 Å². The van der Waals surface area contributed by atoms with Crippen LogP contribution in [0.25, 0.3) is 0 Å². The summed E-state index contributed by atoms with van der Waals surface area (Å²) in [5.74, 6) is -3.19. The molecule has 140 valence electrons. The SMILES string of the molecule is COC(=O)[C@H]1O[C@H](CC=O)[C@@H](OC(C)=O)[C@@H](OC(C)=O)[C@@H]1OC(C)=O. The number of hydrogen-bond donors (Lipinski definition) is 0. The van der Waals surface area contributed by atoms with Gasteiger partial charge in [0, 0.05) is 27.2 Å². The Morgan fingerprint density at radius 3 is 1.80 bits per heavy atom. The summed E-state index contributed by atoms with van der Waals surface area (Å²) in [5, 5.41) is 0. The van der Waals surface area contributed by atoms with Gasteiger partial charge in [0.2, 0.25) is 0 Å². The molecule has 0 aromatic rings. The Hall–Kier alpha value is -2.49. The fraction of sp³-hybridized carbons (Fsp3) is 0.667. The Morgan fingerprint density at radius 1 is 0.880 bits per heavy atom. The summed E-state index contributed by atoms with van der Waals surface area (Å²) >= 11 is 0. The van der Waals surface area contributed by atoms with Crippen LogP contribution in [0.3, 0.4) is 0 Å². The van der Waals surface area contributed by atoms with Gasteiger partial charge in [0.05, 0.1) is 7.11 Å². The Labute approximate surface area is 143 Å². The van der Waals surface area contributed by atoms with Gasteiger partial charge in [0.15, 0.2) is 24.4 Å². The van der Waals surface area contributed by atoms with Gasteiger partial charge in [-0.2, -0.15) is 0 Å². The molecule has 0 aliphatic carbocycles. The minimum Gasteiger partial charge on any atom is -0.467 e. The van der Waals surface area contributed by atoms with Crippen molar-refractivity contribution in [3.8, 4) is 0 Å². The predicted octanol–water partition coefficient (Wildman–Crippen LogP) is -0.689. The van der Waals surface area contributed by atoms with Crippen molar-refractivity contribution in [3.05, 3.63) is 0 Å². The molecule has 1 saturated heterocycles. The number of aldehydes is 1. The van der Waals surface area contributed by atoms with Crippen molar-refractivity contribution in [2.75, 3.05) is 7.11 Å². The normalized spacial score (nSPS) is 28.4. The van der Waals surface area contributed by atoms with E-state index in [1.165, 1.54) is 0 Å². The first-order valence-corrected chi connectivity index (χ1v) is 7.39. The second-order valence-electron chi connectivity index (χ2n) is 5.24. The van der Waals surface area contributed by atoms with E-state index in [1.54, 1.807) is 0 Å². The van der Waals surface area contributed by atoms with E-state index in [1.807, 2.05) is 0 Å². The third kappa shape index (κ3) is 5.52. The molecule has 1 heterocycles. The van der Waals surface area contributed by atoms with Crippen molar-refractivity contribution < 1.29 is 47.7 Å². The van der Waals surface area contributed by atoms with Gasteiger partial charge >= 0.3 is 23.9 Å². The van der Waals surface area contributed by atoms with Crippen LogP contribution in [0.4, 0.5) is 0 Å². The topological polar surface area (TPSA) is 132 Å². The van der Waals surface area contributed by atoms with E-state index < -0.39 is 54.4 Å². The zero-order chi connectivity index (χ0) is 19.1. The lowest BCUT2D eigenvalue weighted by Gasteiger charge is -2.43. The molecular weight excluding hydrogens is 340 g/mol. The van der Waals surface area contributed by atoms with Crippen LogP contribution in [0.5, 0.6) is 0 Å². The van der Waals surface area contributed by atoms with Crippen LogP contribution in [-0.4, -0.2) is 67.8 Å². The Kier molecular flexibility index (Phi) is 7.49. The molecular formula is C15H20O10. The van der Waals surface area contributed by atoms with Gasteiger partial charge in [-0.25, -0.2) is 4.79 Å². The van der Waals surface area contributed by atoms with Crippen LogP contribution in [0.15, 0.2) is 0 Å². The maximum atomic E-state index is 12.0. The minimum atomic E-state index is -1.46. The lowest BCUT2D eigenvalue weighted by Crippen LogP contribution is -2.63. The Morgan fingerprint density at radius 2 is 1.36 bits per heavy atom. The number of carbonyl (C=O) groups excluding carboxylic acids is 5. The third-order valence-electron chi connectivity index (χ3n) is 3.30. The van der Waals surface area contributed by atoms with Crippen LogP contribution in [0.2, 0.25) is 0 Å². The average molecular weight is 360 g/mol. The molecule has 0 saturated carbocycles. The third-order valence-corrected chi connectivity index (χ3v) is 3.30. The van der Waals surface area contributed by atoms with Crippen LogP contribution in [0.1, 0.15) is 27.2 Å². The standard InChI is InChI=1S/C15H20O10/c1-7(17)22-11-10(5-6-16)25-14(15(20)21-4)13(24-9(3)19)12(11)23-8(2)18/h6,10-14H,5H2,1-4H3/t10-,11-,12-,13+,14+/m1/s1. The van der Waals surface area contributed by atoms with E-state index in [-0.39, 0.29) is 6.42 Å². The molecule has 1 rings (SSSR count). The van der Waals surface area contributed by atoms with Crippen LogP contribution >= 0.6 is 0 Å². The fourth-order valence-electron chi connectivity index (χ4n) is 2.49. The molecule has 1 aliphatic rings. The molecule has 1 aliphatic heterocycles. The van der Waals surface area contributed by atoms with E-state index in [0.29, 0.717) is 6.29 Å². The monoisotopic (exact) mass is 360 g/mol. The van der Waals surface area contributed by atoms with Gasteiger partial charge in [-0.3, -0.25) is 14.4 Å². The number of rotatable bonds is 6. The van der Waals surface area contributed by atoms with Crippen molar-refractivity contribution >= 4 is 30.2 Å². The second kappa shape index (κ2) is 9.11. The molecule has 25 heavy (non-hydrogen) atoms. The molecule has 10 nitrogen and oxygen atoms in total. The molecule has 1 fully saturated rings. The van der Waals surface area contributed by atoms with Gasteiger partial charge in [-0.1, -0.05) is 0 Å². The molecule has 0 spiro atoms. The van der Waals surface area contributed by atoms with Gasteiger partial charge < -0.3 is 28.5 Å². The highest BCUT2D eigenvalue weighted by Crippen LogP contribution is 2.30. The largest absolute Gasteiger partial charge is 0.467 e. The molecule has 0 radical (unpaired) electrons. The first kappa shape index (κ1) is 20.6. The predicted molar refractivity (Wildman–Crippen MR) is 78.0 cm³/mol. The summed E-state index contributed by atoms with van der Waals surface area (Å²) in [6.07, 6.45) is -6.34. The number of esters is 4. The zero-order valence-corrected chi connectivity index (χ0v) is 14.3. The van der Waals surface area contributed by atoms with E-state index >= 15 is 0 Å². The van der Waals surface area contributed by atoms with Gasteiger partial charge in [-0.15, -0.1) is 0 Å². The van der Waals surface area contributed by atoms with E-state index in [0.717, 1.165) is 27.9 Å². The first-order chi connectivity index (χ1) is 11.7. The van der Waals surface area contributed by atoms with Gasteiger partial charge in [-0.05, 0) is 0 Å². The molecule has 0 amide bonds. The smallest absolute Gasteiger partial charge is 0.339 e. The van der Waals surface area contributed by atoms with Crippen molar-refractivity contribution in [3.63, 3.8) is 0 Å². The maximum Gasteiger partial charge on any atom is 0.339 e. The summed E-state index contributed by atoms with van der Waals surface area (Å²) < 4.78 is 25.4. The molecule has 10 heteroatoms. The fourth-order valence-corrected chi connectivity index (χ4v) is 2.49. The van der Waals surface area contributed by atoms with E-state index in [4.69, 9.17) is 18.9 Å². The van der Waals surface area contributed by atoms with Crippen LogP contribution in [-0.2, 0) is 47.7 Å². The molecule has 0 aromatic carbocycles. The summed E-state index contributed by atoms with van der Waals surface area (Å²) in [4.78, 5) is 57.1.